The Hall–Kier alpha value is -1.07. The molecule has 2 rings (SSSR count). The van der Waals surface area contributed by atoms with Crippen LogP contribution in [0.25, 0.3) is 0 Å². The Morgan fingerprint density at radius 1 is 1.64 bits per heavy atom. The lowest BCUT2D eigenvalue weighted by Crippen LogP contribution is -2.25. The summed E-state index contributed by atoms with van der Waals surface area (Å²) in [6, 6.07) is 0. The van der Waals surface area contributed by atoms with Crippen molar-refractivity contribution in [2.24, 2.45) is 0 Å². The molecule has 1 aliphatic heterocycles. The SMILES string of the molecule is CNC(=O)c1c(N)sc2c1CCNC2. The molecule has 0 bridgehead atoms. The number of hydrogen-bond acceptors (Lipinski definition) is 4. The molecule has 76 valence electrons. The predicted octanol–water partition coefficient (Wildman–Crippen LogP) is 0.336. The van der Waals surface area contributed by atoms with Crippen LogP contribution in [0.15, 0.2) is 0 Å². The Balaban J connectivity index is 2.47. The molecule has 0 spiro atoms. The third-order valence-electron chi connectivity index (χ3n) is 2.41. The number of carbonyl (C=O) groups excluding carboxylic acids is 1. The Morgan fingerprint density at radius 3 is 3.14 bits per heavy atom. The summed E-state index contributed by atoms with van der Waals surface area (Å²) in [5.74, 6) is -0.0677. The molecule has 0 aliphatic carbocycles. The van der Waals surface area contributed by atoms with E-state index in [2.05, 4.69) is 10.6 Å². The molecule has 0 aromatic carbocycles. The van der Waals surface area contributed by atoms with Crippen LogP contribution in [0, 0.1) is 0 Å². The molecule has 1 aliphatic rings. The highest BCUT2D eigenvalue weighted by Crippen LogP contribution is 2.32. The summed E-state index contributed by atoms with van der Waals surface area (Å²) in [6.07, 6.45) is 0.895. The van der Waals surface area contributed by atoms with Gasteiger partial charge in [-0.3, -0.25) is 4.79 Å². The van der Waals surface area contributed by atoms with E-state index in [0.29, 0.717) is 10.6 Å². The summed E-state index contributed by atoms with van der Waals surface area (Å²) in [4.78, 5) is 12.8. The van der Waals surface area contributed by atoms with Crippen LogP contribution >= 0.6 is 11.3 Å². The average Bonchev–Trinajstić information content (AvgIpc) is 2.53. The number of nitrogens with one attached hydrogen (secondary N) is 2. The Morgan fingerprint density at radius 2 is 2.43 bits per heavy atom. The van der Waals surface area contributed by atoms with Gasteiger partial charge >= 0.3 is 0 Å². The van der Waals surface area contributed by atoms with Gasteiger partial charge in [0.2, 0.25) is 0 Å². The largest absolute Gasteiger partial charge is 0.390 e. The van der Waals surface area contributed by atoms with Crippen LogP contribution < -0.4 is 16.4 Å². The molecule has 1 amide bonds. The molecule has 0 saturated carbocycles. The van der Waals surface area contributed by atoms with E-state index in [-0.39, 0.29) is 5.91 Å². The van der Waals surface area contributed by atoms with E-state index in [1.807, 2.05) is 0 Å². The number of nitrogen functional groups attached to an aromatic ring is 1. The summed E-state index contributed by atoms with van der Waals surface area (Å²) >= 11 is 1.51. The van der Waals surface area contributed by atoms with Gasteiger partial charge in [0.05, 0.1) is 10.6 Å². The summed E-state index contributed by atoms with van der Waals surface area (Å²) in [5, 5.41) is 6.52. The maximum atomic E-state index is 11.6. The summed E-state index contributed by atoms with van der Waals surface area (Å²) in [5.41, 5.74) is 7.65. The van der Waals surface area contributed by atoms with Crippen molar-refractivity contribution in [3.8, 4) is 0 Å². The topological polar surface area (TPSA) is 67.2 Å². The van der Waals surface area contributed by atoms with Gasteiger partial charge in [-0.2, -0.15) is 0 Å². The standard InChI is InChI=1S/C9H13N3OS/c1-11-9(13)7-5-2-3-12-4-6(5)14-8(7)10/h12H,2-4,10H2,1H3,(H,11,13). The van der Waals surface area contributed by atoms with Crippen LogP contribution in [0.3, 0.4) is 0 Å². The second kappa shape index (κ2) is 3.59. The van der Waals surface area contributed by atoms with Gasteiger partial charge in [0, 0.05) is 18.5 Å². The van der Waals surface area contributed by atoms with Crippen LogP contribution in [0.1, 0.15) is 20.8 Å². The van der Waals surface area contributed by atoms with Crippen molar-refractivity contribution >= 4 is 22.2 Å². The number of thiophene rings is 1. The van der Waals surface area contributed by atoms with Crippen molar-refractivity contribution in [3.63, 3.8) is 0 Å². The van der Waals surface area contributed by atoms with E-state index >= 15 is 0 Å². The first-order valence-corrected chi connectivity index (χ1v) is 5.38. The minimum atomic E-state index is -0.0677. The lowest BCUT2D eigenvalue weighted by atomic mass is 10.0. The number of fused-ring (bicyclic) bond motifs is 1. The molecular formula is C9H13N3OS. The lowest BCUT2D eigenvalue weighted by molar-refractivity contribution is 0.0963. The number of amides is 1. The minimum Gasteiger partial charge on any atom is -0.390 e. The van der Waals surface area contributed by atoms with Gasteiger partial charge in [-0.15, -0.1) is 11.3 Å². The molecule has 1 aromatic rings. The Kier molecular flexibility index (Phi) is 2.43. The Labute approximate surface area is 86.5 Å². The summed E-state index contributed by atoms with van der Waals surface area (Å²) in [7, 11) is 1.63. The molecule has 0 unspecified atom stereocenters. The fraction of sp³-hybridized carbons (Fsp3) is 0.444. The van der Waals surface area contributed by atoms with Gasteiger partial charge in [-0.1, -0.05) is 0 Å². The van der Waals surface area contributed by atoms with Crippen molar-refractivity contribution < 1.29 is 4.79 Å². The monoisotopic (exact) mass is 211 g/mol. The van der Waals surface area contributed by atoms with Crippen molar-refractivity contribution in [3.05, 3.63) is 16.0 Å². The van der Waals surface area contributed by atoms with E-state index < -0.39 is 0 Å². The normalized spacial score (nSPS) is 14.9. The first kappa shape index (κ1) is 9.48. The second-order valence-electron chi connectivity index (χ2n) is 3.25. The molecule has 4 N–H and O–H groups in total. The third kappa shape index (κ3) is 1.38. The second-order valence-corrected chi connectivity index (χ2v) is 4.39. The Bertz CT molecular complexity index is 372. The highest BCUT2D eigenvalue weighted by molar-refractivity contribution is 7.16. The zero-order valence-corrected chi connectivity index (χ0v) is 8.83. The zero-order chi connectivity index (χ0) is 10.1. The first-order chi connectivity index (χ1) is 6.74. The number of nitrogens with two attached hydrogens (primary N) is 1. The first-order valence-electron chi connectivity index (χ1n) is 4.57. The molecule has 4 nitrogen and oxygen atoms in total. The van der Waals surface area contributed by atoms with Gasteiger partial charge < -0.3 is 16.4 Å². The third-order valence-corrected chi connectivity index (χ3v) is 3.47. The van der Waals surface area contributed by atoms with Crippen molar-refractivity contribution in [2.45, 2.75) is 13.0 Å². The number of rotatable bonds is 1. The van der Waals surface area contributed by atoms with E-state index in [4.69, 9.17) is 5.73 Å². The predicted molar refractivity (Wildman–Crippen MR) is 57.5 cm³/mol. The average molecular weight is 211 g/mol. The number of carbonyl (C=O) groups is 1. The molecule has 0 atom stereocenters. The van der Waals surface area contributed by atoms with Gasteiger partial charge in [0.15, 0.2) is 0 Å². The highest BCUT2D eigenvalue weighted by Gasteiger charge is 2.22. The van der Waals surface area contributed by atoms with Gasteiger partial charge in [-0.25, -0.2) is 0 Å². The maximum absolute atomic E-state index is 11.6. The van der Waals surface area contributed by atoms with Crippen LogP contribution in [0.5, 0.6) is 0 Å². The van der Waals surface area contributed by atoms with Crippen molar-refractivity contribution in [1.29, 1.82) is 0 Å². The summed E-state index contributed by atoms with van der Waals surface area (Å²) in [6.45, 7) is 1.76. The molecular weight excluding hydrogens is 198 g/mol. The zero-order valence-electron chi connectivity index (χ0n) is 8.02. The van der Waals surface area contributed by atoms with E-state index in [9.17, 15) is 4.79 Å². The van der Waals surface area contributed by atoms with Crippen molar-refractivity contribution in [2.75, 3.05) is 19.3 Å². The van der Waals surface area contributed by atoms with Gasteiger partial charge in [0.1, 0.15) is 0 Å². The fourth-order valence-corrected chi connectivity index (χ4v) is 2.81. The maximum Gasteiger partial charge on any atom is 0.254 e. The lowest BCUT2D eigenvalue weighted by Gasteiger charge is -2.13. The van der Waals surface area contributed by atoms with E-state index in [0.717, 1.165) is 25.1 Å². The molecule has 2 heterocycles. The molecule has 0 fully saturated rings. The summed E-state index contributed by atoms with van der Waals surface area (Å²) < 4.78 is 0. The van der Waals surface area contributed by atoms with Gasteiger partial charge in [0.25, 0.3) is 5.91 Å². The molecule has 5 heteroatoms. The highest BCUT2D eigenvalue weighted by atomic mass is 32.1. The molecule has 0 saturated heterocycles. The number of anilines is 1. The minimum absolute atomic E-state index is 0.0677. The van der Waals surface area contributed by atoms with Crippen molar-refractivity contribution in [1.82, 2.24) is 10.6 Å². The molecule has 1 aromatic heterocycles. The van der Waals surface area contributed by atoms with Crippen LogP contribution in [-0.2, 0) is 13.0 Å². The van der Waals surface area contributed by atoms with Crippen LogP contribution in [-0.4, -0.2) is 19.5 Å². The van der Waals surface area contributed by atoms with E-state index in [1.165, 1.54) is 16.2 Å². The molecule has 14 heavy (non-hydrogen) atoms. The van der Waals surface area contributed by atoms with Crippen LogP contribution in [0.2, 0.25) is 0 Å². The smallest absolute Gasteiger partial charge is 0.254 e. The fourth-order valence-electron chi connectivity index (χ4n) is 1.73. The quantitative estimate of drug-likeness (QED) is 0.627. The van der Waals surface area contributed by atoms with Crippen LogP contribution in [0.4, 0.5) is 5.00 Å². The van der Waals surface area contributed by atoms with Gasteiger partial charge in [-0.05, 0) is 18.5 Å². The molecule has 0 radical (unpaired) electrons. The van der Waals surface area contributed by atoms with E-state index in [1.54, 1.807) is 7.05 Å². The number of hydrogen-bond donors (Lipinski definition) is 3.